The summed E-state index contributed by atoms with van der Waals surface area (Å²) in [5.74, 6) is -0.108. The first-order valence-electron chi connectivity index (χ1n) is 7.83. The number of rotatable bonds is 4. The summed E-state index contributed by atoms with van der Waals surface area (Å²) in [6.45, 7) is 3.92. The van der Waals surface area contributed by atoms with Crippen molar-refractivity contribution in [2.75, 3.05) is 0 Å². The number of nitrogens with zero attached hydrogens (tertiary/aromatic N) is 3. The summed E-state index contributed by atoms with van der Waals surface area (Å²) in [5.41, 5.74) is 2.46. The zero-order valence-electron chi connectivity index (χ0n) is 14.0. The number of fused-ring (bicyclic) bond motifs is 1. The van der Waals surface area contributed by atoms with Gasteiger partial charge in [0.15, 0.2) is 5.43 Å². The predicted octanol–water partition coefficient (Wildman–Crippen LogP) is 1.92. The van der Waals surface area contributed by atoms with Crippen LogP contribution in [-0.4, -0.2) is 20.3 Å². The molecule has 0 aliphatic carbocycles. The number of hydrogen-bond acceptors (Lipinski definition) is 3. The van der Waals surface area contributed by atoms with Crippen LogP contribution < -0.4 is 10.7 Å². The van der Waals surface area contributed by atoms with E-state index in [2.05, 4.69) is 10.4 Å². The maximum absolute atomic E-state index is 12.4. The smallest absolute Gasteiger partial charge is 0.240 e. The number of benzene rings is 1. The van der Waals surface area contributed by atoms with Gasteiger partial charge in [-0.1, -0.05) is 12.1 Å². The Kier molecular flexibility index (Phi) is 4.20. The van der Waals surface area contributed by atoms with Gasteiger partial charge in [-0.2, -0.15) is 5.10 Å². The molecule has 2 heterocycles. The molecule has 0 radical (unpaired) electrons. The fourth-order valence-corrected chi connectivity index (χ4v) is 2.84. The molecule has 1 aromatic carbocycles. The highest BCUT2D eigenvalue weighted by molar-refractivity contribution is 5.82. The van der Waals surface area contributed by atoms with Gasteiger partial charge in [-0.15, -0.1) is 0 Å². The van der Waals surface area contributed by atoms with Gasteiger partial charge in [0.25, 0.3) is 0 Å². The molecule has 1 atom stereocenters. The summed E-state index contributed by atoms with van der Waals surface area (Å²) >= 11 is 0. The third kappa shape index (κ3) is 3.08. The maximum Gasteiger partial charge on any atom is 0.240 e. The van der Waals surface area contributed by atoms with E-state index in [9.17, 15) is 9.59 Å². The topological polar surface area (TPSA) is 68.9 Å². The Labute approximate surface area is 139 Å². The monoisotopic (exact) mass is 324 g/mol. The highest BCUT2D eigenvalue weighted by Gasteiger charge is 2.14. The van der Waals surface area contributed by atoms with Crippen LogP contribution in [0.4, 0.5) is 0 Å². The van der Waals surface area contributed by atoms with Crippen molar-refractivity contribution in [3.63, 3.8) is 0 Å². The predicted molar refractivity (Wildman–Crippen MR) is 92.7 cm³/mol. The third-order valence-electron chi connectivity index (χ3n) is 4.13. The molecule has 1 unspecified atom stereocenters. The minimum Gasteiger partial charge on any atom is -0.348 e. The second-order valence-electron chi connectivity index (χ2n) is 5.99. The van der Waals surface area contributed by atoms with Crippen LogP contribution in [0.2, 0.25) is 0 Å². The van der Waals surface area contributed by atoms with Crippen LogP contribution in [0.15, 0.2) is 47.5 Å². The number of carbonyl (C=O) groups is 1. The summed E-state index contributed by atoms with van der Waals surface area (Å²) in [6.07, 6.45) is 3.62. The first-order chi connectivity index (χ1) is 11.5. The van der Waals surface area contributed by atoms with E-state index in [-0.39, 0.29) is 23.9 Å². The number of carbonyl (C=O) groups excluding carboxylic acids is 1. The van der Waals surface area contributed by atoms with Crippen molar-refractivity contribution >= 4 is 16.8 Å². The number of pyridine rings is 1. The van der Waals surface area contributed by atoms with E-state index in [1.54, 1.807) is 23.0 Å². The third-order valence-corrected chi connectivity index (χ3v) is 4.13. The molecule has 0 aliphatic rings. The fraction of sp³-hybridized carbons (Fsp3) is 0.278. The van der Waals surface area contributed by atoms with Gasteiger partial charge in [-0.3, -0.25) is 14.3 Å². The molecule has 0 saturated carbocycles. The van der Waals surface area contributed by atoms with Crippen molar-refractivity contribution in [1.29, 1.82) is 0 Å². The number of hydrogen-bond donors (Lipinski definition) is 1. The molecular formula is C18H20N4O2. The van der Waals surface area contributed by atoms with E-state index in [0.717, 1.165) is 16.8 Å². The van der Waals surface area contributed by atoms with Crippen LogP contribution in [0.5, 0.6) is 0 Å². The molecule has 0 bridgehead atoms. The van der Waals surface area contributed by atoms with Gasteiger partial charge in [0.05, 0.1) is 17.8 Å². The minimum atomic E-state index is -0.128. The normalized spacial score (nSPS) is 12.3. The van der Waals surface area contributed by atoms with Gasteiger partial charge in [0.2, 0.25) is 5.91 Å². The van der Waals surface area contributed by atoms with Crippen LogP contribution in [-0.2, 0) is 18.4 Å². The molecule has 1 N–H and O–H groups in total. The summed E-state index contributed by atoms with van der Waals surface area (Å²) in [4.78, 5) is 24.5. The first kappa shape index (κ1) is 16.0. The Bertz CT molecular complexity index is 955. The van der Waals surface area contributed by atoms with Crippen molar-refractivity contribution in [2.45, 2.75) is 26.4 Å². The highest BCUT2D eigenvalue weighted by Crippen LogP contribution is 2.14. The summed E-state index contributed by atoms with van der Waals surface area (Å²) in [7, 11) is 1.84. The lowest BCUT2D eigenvalue weighted by molar-refractivity contribution is -0.122. The van der Waals surface area contributed by atoms with Crippen molar-refractivity contribution in [1.82, 2.24) is 19.7 Å². The van der Waals surface area contributed by atoms with Gasteiger partial charge < -0.3 is 9.88 Å². The van der Waals surface area contributed by atoms with Crippen LogP contribution in [0.25, 0.3) is 10.9 Å². The second-order valence-corrected chi connectivity index (χ2v) is 5.99. The van der Waals surface area contributed by atoms with Crippen molar-refractivity contribution in [3.05, 3.63) is 64.2 Å². The Morgan fingerprint density at radius 2 is 2.08 bits per heavy atom. The van der Waals surface area contributed by atoms with Crippen molar-refractivity contribution in [2.24, 2.45) is 7.05 Å². The molecule has 124 valence electrons. The summed E-state index contributed by atoms with van der Waals surface area (Å²) < 4.78 is 3.57. The Morgan fingerprint density at radius 1 is 1.33 bits per heavy atom. The zero-order valence-corrected chi connectivity index (χ0v) is 14.0. The van der Waals surface area contributed by atoms with E-state index >= 15 is 0 Å². The second kappa shape index (κ2) is 6.31. The standard InChI is InChI=1S/C18H20N4O2/c1-12-8-17(23)15-6-4-5-7-16(15)22(12)11-18(24)20-13(2)14-9-19-21(3)10-14/h4-10,13H,11H2,1-3H3,(H,20,24). The summed E-state index contributed by atoms with van der Waals surface area (Å²) in [6, 6.07) is 8.78. The molecule has 2 aromatic heterocycles. The molecule has 3 rings (SSSR count). The van der Waals surface area contributed by atoms with E-state index in [4.69, 9.17) is 0 Å². The number of amides is 1. The van der Waals surface area contributed by atoms with Crippen LogP contribution in [0.3, 0.4) is 0 Å². The van der Waals surface area contributed by atoms with Crippen LogP contribution in [0, 0.1) is 6.92 Å². The highest BCUT2D eigenvalue weighted by atomic mass is 16.2. The lowest BCUT2D eigenvalue weighted by atomic mass is 10.1. The average molecular weight is 324 g/mol. The molecule has 0 saturated heterocycles. The number of aromatic nitrogens is 3. The molecule has 6 nitrogen and oxygen atoms in total. The minimum absolute atomic E-state index is 0.0245. The van der Waals surface area contributed by atoms with Crippen LogP contribution >= 0.6 is 0 Å². The molecule has 1 amide bonds. The molecule has 0 fully saturated rings. The molecular weight excluding hydrogens is 304 g/mol. The molecule has 6 heteroatoms. The molecule has 0 aliphatic heterocycles. The summed E-state index contributed by atoms with van der Waals surface area (Å²) in [5, 5.41) is 7.71. The largest absolute Gasteiger partial charge is 0.348 e. The van der Waals surface area contributed by atoms with Gasteiger partial charge >= 0.3 is 0 Å². The Balaban J connectivity index is 1.84. The van der Waals surface area contributed by atoms with E-state index in [1.807, 2.05) is 49.9 Å². The van der Waals surface area contributed by atoms with Gasteiger partial charge in [0.1, 0.15) is 6.54 Å². The van der Waals surface area contributed by atoms with Crippen molar-refractivity contribution < 1.29 is 4.79 Å². The van der Waals surface area contributed by atoms with E-state index < -0.39 is 0 Å². The fourth-order valence-electron chi connectivity index (χ4n) is 2.84. The Morgan fingerprint density at radius 3 is 2.79 bits per heavy atom. The van der Waals surface area contributed by atoms with Gasteiger partial charge in [-0.25, -0.2) is 0 Å². The number of nitrogens with one attached hydrogen (secondary N) is 1. The van der Waals surface area contributed by atoms with Gasteiger partial charge in [-0.05, 0) is 26.0 Å². The van der Waals surface area contributed by atoms with Crippen LogP contribution in [0.1, 0.15) is 24.2 Å². The Hall–Kier alpha value is -2.89. The average Bonchev–Trinajstić information content (AvgIpc) is 2.98. The van der Waals surface area contributed by atoms with Crippen molar-refractivity contribution in [3.8, 4) is 0 Å². The lowest BCUT2D eigenvalue weighted by Gasteiger charge is -2.17. The van der Waals surface area contributed by atoms with E-state index in [1.165, 1.54) is 0 Å². The molecule has 3 aromatic rings. The first-order valence-corrected chi connectivity index (χ1v) is 7.83. The number of aryl methyl sites for hydroxylation is 2. The molecule has 24 heavy (non-hydrogen) atoms. The lowest BCUT2D eigenvalue weighted by Crippen LogP contribution is -2.31. The maximum atomic E-state index is 12.4. The van der Waals surface area contributed by atoms with E-state index in [0.29, 0.717) is 5.39 Å². The SMILES string of the molecule is Cc1cc(=O)c2ccccc2n1CC(=O)NC(C)c1cnn(C)c1. The molecule has 0 spiro atoms. The quantitative estimate of drug-likeness (QED) is 0.797. The number of para-hydroxylation sites is 1. The van der Waals surface area contributed by atoms with Gasteiger partial charge in [0, 0.05) is 36.0 Å². The zero-order chi connectivity index (χ0) is 17.3.